The number of hydrogen-bond donors (Lipinski definition) is 1. The fraction of sp³-hybridized carbons (Fsp3) is 0.667. The molecule has 0 spiro atoms. The number of nitrogens with two attached hydrogens (primary N) is 1. The van der Waals surface area contributed by atoms with Crippen molar-refractivity contribution in [3.05, 3.63) is 35.4 Å². The summed E-state index contributed by atoms with van der Waals surface area (Å²) < 4.78 is 0. The summed E-state index contributed by atoms with van der Waals surface area (Å²) in [6.07, 6.45) is 4.90. The van der Waals surface area contributed by atoms with Crippen molar-refractivity contribution < 1.29 is 0 Å². The molecule has 1 aromatic rings. The first-order valence-corrected chi connectivity index (χ1v) is 8.45. The summed E-state index contributed by atoms with van der Waals surface area (Å²) in [6, 6.07) is 9.63. The summed E-state index contributed by atoms with van der Waals surface area (Å²) >= 11 is 0. The Morgan fingerprint density at radius 3 is 2.86 bits per heavy atom. The highest BCUT2D eigenvalue weighted by atomic mass is 15.3. The SMILES string of the molecule is CCC1CN(C2(CN)CCCc3ccccc32)CCN1C. The Kier molecular flexibility index (Phi) is 4.34. The third kappa shape index (κ3) is 2.52. The van der Waals surface area contributed by atoms with Crippen molar-refractivity contribution in [3.8, 4) is 0 Å². The molecular formula is C18H29N3. The quantitative estimate of drug-likeness (QED) is 0.925. The molecule has 1 saturated heterocycles. The van der Waals surface area contributed by atoms with Crippen LogP contribution < -0.4 is 5.73 Å². The van der Waals surface area contributed by atoms with Gasteiger partial charge in [0.15, 0.2) is 0 Å². The molecule has 0 saturated carbocycles. The van der Waals surface area contributed by atoms with Crippen LogP contribution in [0.1, 0.15) is 37.3 Å². The molecule has 0 amide bonds. The number of aryl methyl sites for hydroxylation is 1. The molecule has 1 heterocycles. The molecule has 2 aliphatic rings. The second-order valence-corrected chi connectivity index (χ2v) is 6.74. The fourth-order valence-corrected chi connectivity index (χ4v) is 4.34. The maximum atomic E-state index is 6.35. The standard InChI is InChI=1S/C18H29N3/c1-3-16-13-21(12-11-20(16)2)18(14-19)10-6-8-15-7-4-5-9-17(15)18/h4-5,7,9,16H,3,6,8,10-14,19H2,1-2H3. The summed E-state index contributed by atoms with van der Waals surface area (Å²) in [5.74, 6) is 0. The average Bonchev–Trinajstić information content (AvgIpc) is 2.54. The number of nitrogens with zero attached hydrogens (tertiary/aromatic N) is 2. The molecule has 0 bridgehead atoms. The molecule has 3 nitrogen and oxygen atoms in total. The molecular weight excluding hydrogens is 258 g/mol. The van der Waals surface area contributed by atoms with Crippen LogP contribution in [0.4, 0.5) is 0 Å². The molecule has 0 radical (unpaired) electrons. The third-order valence-electron chi connectivity index (χ3n) is 5.75. The van der Waals surface area contributed by atoms with Gasteiger partial charge in [0.1, 0.15) is 0 Å². The lowest BCUT2D eigenvalue weighted by atomic mass is 9.74. The van der Waals surface area contributed by atoms with Gasteiger partial charge in [-0.25, -0.2) is 0 Å². The molecule has 21 heavy (non-hydrogen) atoms. The molecule has 2 unspecified atom stereocenters. The molecule has 2 atom stereocenters. The Hall–Kier alpha value is -0.900. The summed E-state index contributed by atoms with van der Waals surface area (Å²) in [6.45, 7) is 6.48. The smallest absolute Gasteiger partial charge is 0.0587 e. The average molecular weight is 287 g/mol. The van der Waals surface area contributed by atoms with E-state index in [1.807, 2.05) is 0 Å². The van der Waals surface area contributed by atoms with Gasteiger partial charge in [0, 0.05) is 32.2 Å². The van der Waals surface area contributed by atoms with Gasteiger partial charge in [0.25, 0.3) is 0 Å². The zero-order valence-electron chi connectivity index (χ0n) is 13.5. The van der Waals surface area contributed by atoms with Crippen molar-refractivity contribution in [2.45, 2.75) is 44.2 Å². The largest absolute Gasteiger partial charge is 0.328 e. The zero-order chi connectivity index (χ0) is 14.9. The molecule has 116 valence electrons. The lowest BCUT2D eigenvalue weighted by Crippen LogP contribution is -2.61. The van der Waals surface area contributed by atoms with Gasteiger partial charge in [-0.15, -0.1) is 0 Å². The van der Waals surface area contributed by atoms with Crippen LogP contribution in [-0.4, -0.2) is 49.1 Å². The van der Waals surface area contributed by atoms with Crippen LogP contribution in [-0.2, 0) is 12.0 Å². The molecule has 3 heteroatoms. The van der Waals surface area contributed by atoms with Gasteiger partial charge in [-0.2, -0.15) is 0 Å². The number of fused-ring (bicyclic) bond motifs is 1. The minimum Gasteiger partial charge on any atom is -0.328 e. The van der Waals surface area contributed by atoms with E-state index in [-0.39, 0.29) is 5.54 Å². The Morgan fingerprint density at radius 2 is 2.10 bits per heavy atom. The number of benzene rings is 1. The van der Waals surface area contributed by atoms with E-state index in [1.165, 1.54) is 36.8 Å². The number of hydrogen-bond acceptors (Lipinski definition) is 3. The van der Waals surface area contributed by atoms with Crippen LogP contribution in [0, 0.1) is 0 Å². The lowest BCUT2D eigenvalue weighted by molar-refractivity contribution is 0.0000931. The van der Waals surface area contributed by atoms with Gasteiger partial charge >= 0.3 is 0 Å². The first kappa shape index (κ1) is 15.0. The van der Waals surface area contributed by atoms with Crippen molar-refractivity contribution in [2.24, 2.45) is 5.73 Å². The van der Waals surface area contributed by atoms with Crippen LogP contribution in [0.15, 0.2) is 24.3 Å². The first-order valence-electron chi connectivity index (χ1n) is 8.45. The van der Waals surface area contributed by atoms with E-state index in [0.717, 1.165) is 26.2 Å². The summed E-state index contributed by atoms with van der Waals surface area (Å²) in [5, 5.41) is 0. The molecule has 0 aromatic heterocycles. The second kappa shape index (κ2) is 6.07. The van der Waals surface area contributed by atoms with Crippen molar-refractivity contribution in [3.63, 3.8) is 0 Å². The Labute approximate surface area is 129 Å². The number of likely N-dealkylation sites (N-methyl/N-ethyl adjacent to an activating group) is 1. The number of rotatable bonds is 3. The molecule has 1 aliphatic carbocycles. The first-order chi connectivity index (χ1) is 10.2. The van der Waals surface area contributed by atoms with Gasteiger partial charge in [0.2, 0.25) is 0 Å². The van der Waals surface area contributed by atoms with E-state index < -0.39 is 0 Å². The summed E-state index contributed by atoms with van der Waals surface area (Å²) in [5.41, 5.74) is 9.44. The van der Waals surface area contributed by atoms with Crippen molar-refractivity contribution in [1.82, 2.24) is 9.80 Å². The predicted molar refractivity (Wildman–Crippen MR) is 88.4 cm³/mol. The van der Waals surface area contributed by atoms with Crippen LogP contribution >= 0.6 is 0 Å². The highest BCUT2D eigenvalue weighted by Gasteiger charge is 2.42. The highest BCUT2D eigenvalue weighted by Crippen LogP contribution is 2.40. The normalized spacial score (nSPS) is 31.1. The van der Waals surface area contributed by atoms with Gasteiger partial charge in [-0.3, -0.25) is 4.90 Å². The maximum Gasteiger partial charge on any atom is 0.0587 e. The molecule has 2 N–H and O–H groups in total. The minimum atomic E-state index is 0.0729. The van der Waals surface area contributed by atoms with E-state index in [2.05, 4.69) is 48.0 Å². The summed E-state index contributed by atoms with van der Waals surface area (Å²) in [4.78, 5) is 5.20. The van der Waals surface area contributed by atoms with Gasteiger partial charge < -0.3 is 10.6 Å². The van der Waals surface area contributed by atoms with E-state index in [1.54, 1.807) is 0 Å². The third-order valence-corrected chi connectivity index (χ3v) is 5.75. The molecule has 1 fully saturated rings. The predicted octanol–water partition coefficient (Wildman–Crippen LogP) is 2.20. The van der Waals surface area contributed by atoms with Crippen LogP contribution in [0.2, 0.25) is 0 Å². The second-order valence-electron chi connectivity index (χ2n) is 6.74. The van der Waals surface area contributed by atoms with E-state index >= 15 is 0 Å². The monoisotopic (exact) mass is 287 g/mol. The maximum absolute atomic E-state index is 6.35. The van der Waals surface area contributed by atoms with E-state index in [9.17, 15) is 0 Å². The van der Waals surface area contributed by atoms with E-state index in [0.29, 0.717) is 6.04 Å². The Bertz CT molecular complexity index is 487. The molecule has 1 aliphatic heterocycles. The Balaban J connectivity index is 1.95. The molecule has 3 rings (SSSR count). The van der Waals surface area contributed by atoms with Gasteiger partial charge in [-0.05, 0) is 43.9 Å². The van der Waals surface area contributed by atoms with E-state index in [4.69, 9.17) is 5.73 Å². The topological polar surface area (TPSA) is 32.5 Å². The van der Waals surface area contributed by atoms with Crippen molar-refractivity contribution in [1.29, 1.82) is 0 Å². The fourth-order valence-electron chi connectivity index (χ4n) is 4.34. The van der Waals surface area contributed by atoms with Crippen molar-refractivity contribution in [2.75, 3.05) is 33.2 Å². The minimum absolute atomic E-state index is 0.0729. The Morgan fingerprint density at radius 1 is 1.29 bits per heavy atom. The number of piperazine rings is 1. The van der Waals surface area contributed by atoms with Gasteiger partial charge in [0.05, 0.1) is 5.54 Å². The van der Waals surface area contributed by atoms with Crippen LogP contribution in [0.5, 0.6) is 0 Å². The van der Waals surface area contributed by atoms with Crippen molar-refractivity contribution >= 4 is 0 Å². The van der Waals surface area contributed by atoms with Crippen LogP contribution in [0.25, 0.3) is 0 Å². The zero-order valence-corrected chi connectivity index (χ0v) is 13.5. The van der Waals surface area contributed by atoms with Gasteiger partial charge in [-0.1, -0.05) is 31.2 Å². The van der Waals surface area contributed by atoms with Crippen LogP contribution in [0.3, 0.4) is 0 Å². The highest BCUT2D eigenvalue weighted by molar-refractivity contribution is 5.37. The summed E-state index contributed by atoms with van der Waals surface area (Å²) in [7, 11) is 2.26. The molecule has 1 aromatic carbocycles. The lowest BCUT2D eigenvalue weighted by Gasteiger charge is -2.52.